The highest BCUT2D eigenvalue weighted by Crippen LogP contribution is 2.23. The minimum absolute atomic E-state index is 0.0806. The lowest BCUT2D eigenvalue weighted by Crippen LogP contribution is -2.55. The van der Waals surface area contributed by atoms with Gasteiger partial charge in [-0.1, -0.05) is 47.5 Å². The second kappa shape index (κ2) is 8.31. The highest BCUT2D eigenvalue weighted by Gasteiger charge is 2.34. The van der Waals surface area contributed by atoms with E-state index >= 15 is 0 Å². The SMILES string of the molecule is Cc1ccc(C2NC(=[N+]3CCN(c4cccc(Cl)c4)CC3)Nc3nc(C)cc(=O)n32)cc1. The molecule has 0 aliphatic carbocycles. The van der Waals surface area contributed by atoms with Crippen LogP contribution >= 0.6 is 11.6 Å². The number of hydrogen-bond acceptors (Lipinski definition) is 3. The largest absolute Gasteiger partial charge is 0.365 e. The van der Waals surface area contributed by atoms with Crippen LogP contribution in [0.5, 0.6) is 0 Å². The van der Waals surface area contributed by atoms with Crippen LogP contribution in [0.3, 0.4) is 0 Å². The van der Waals surface area contributed by atoms with Gasteiger partial charge in [0.25, 0.3) is 11.5 Å². The molecule has 1 unspecified atom stereocenters. The number of halogens is 1. The van der Waals surface area contributed by atoms with Crippen molar-refractivity contribution in [2.75, 3.05) is 36.4 Å². The number of aryl methyl sites for hydroxylation is 2. The molecule has 164 valence electrons. The number of fused-ring (bicyclic) bond motifs is 1. The lowest BCUT2D eigenvalue weighted by molar-refractivity contribution is -0.531. The molecule has 7 nitrogen and oxygen atoms in total. The zero-order valence-electron chi connectivity index (χ0n) is 18.2. The van der Waals surface area contributed by atoms with Gasteiger partial charge in [-0.2, -0.15) is 0 Å². The second-order valence-corrected chi connectivity index (χ2v) is 8.75. The van der Waals surface area contributed by atoms with E-state index in [-0.39, 0.29) is 11.7 Å². The van der Waals surface area contributed by atoms with Gasteiger partial charge in [0.05, 0.1) is 13.1 Å². The van der Waals surface area contributed by atoms with Gasteiger partial charge < -0.3 is 4.90 Å². The first-order valence-electron chi connectivity index (χ1n) is 10.8. The van der Waals surface area contributed by atoms with E-state index in [0.717, 1.165) is 48.4 Å². The van der Waals surface area contributed by atoms with Crippen LogP contribution in [0, 0.1) is 13.8 Å². The topological polar surface area (TPSA) is 65.2 Å². The Kier molecular flexibility index (Phi) is 5.35. The number of nitrogens with one attached hydrogen (secondary N) is 2. The molecule has 0 bridgehead atoms. The van der Waals surface area contributed by atoms with Crippen LogP contribution in [0.15, 0.2) is 59.4 Å². The van der Waals surface area contributed by atoms with Crippen LogP contribution in [0.2, 0.25) is 5.02 Å². The van der Waals surface area contributed by atoms with Crippen molar-refractivity contribution in [3.05, 3.63) is 86.8 Å². The zero-order chi connectivity index (χ0) is 22.2. The summed E-state index contributed by atoms with van der Waals surface area (Å²) in [7, 11) is 0. The van der Waals surface area contributed by atoms with E-state index in [1.54, 1.807) is 10.6 Å². The summed E-state index contributed by atoms with van der Waals surface area (Å²) >= 11 is 6.18. The Balaban J connectivity index is 1.47. The van der Waals surface area contributed by atoms with Gasteiger partial charge in [-0.15, -0.1) is 0 Å². The number of hydrogen-bond donors (Lipinski definition) is 2. The fraction of sp³-hybridized carbons (Fsp3) is 0.292. The number of anilines is 2. The van der Waals surface area contributed by atoms with Crippen molar-refractivity contribution in [1.29, 1.82) is 0 Å². The normalized spacial score (nSPS) is 18.1. The Morgan fingerprint density at radius 3 is 2.53 bits per heavy atom. The molecule has 3 heterocycles. The van der Waals surface area contributed by atoms with Crippen LogP contribution in [0.1, 0.15) is 23.0 Å². The summed E-state index contributed by atoms with van der Waals surface area (Å²) in [5, 5.41) is 7.67. The van der Waals surface area contributed by atoms with Crippen molar-refractivity contribution in [2.24, 2.45) is 0 Å². The molecular weight excluding hydrogens is 424 g/mol. The first-order chi connectivity index (χ1) is 15.5. The van der Waals surface area contributed by atoms with Gasteiger partial charge in [-0.25, -0.2) is 14.9 Å². The van der Waals surface area contributed by atoms with Gasteiger partial charge >= 0.3 is 5.96 Å². The highest BCUT2D eigenvalue weighted by molar-refractivity contribution is 6.30. The molecule has 1 saturated heterocycles. The molecule has 5 rings (SSSR count). The molecule has 1 fully saturated rings. The van der Waals surface area contributed by atoms with E-state index in [1.807, 2.05) is 25.1 Å². The van der Waals surface area contributed by atoms with E-state index in [9.17, 15) is 4.79 Å². The van der Waals surface area contributed by atoms with E-state index < -0.39 is 0 Å². The molecule has 0 saturated carbocycles. The van der Waals surface area contributed by atoms with Gasteiger partial charge in [-0.3, -0.25) is 14.7 Å². The van der Waals surface area contributed by atoms with Crippen LogP contribution in [0.25, 0.3) is 0 Å². The molecule has 32 heavy (non-hydrogen) atoms. The Morgan fingerprint density at radius 1 is 1.06 bits per heavy atom. The molecule has 1 aromatic heterocycles. The number of aromatic nitrogens is 2. The average Bonchev–Trinajstić information content (AvgIpc) is 2.79. The summed E-state index contributed by atoms with van der Waals surface area (Å²) in [6.07, 6.45) is -0.326. The van der Waals surface area contributed by atoms with Crippen LogP contribution in [-0.4, -0.2) is 46.3 Å². The van der Waals surface area contributed by atoms with Gasteiger partial charge in [0.1, 0.15) is 0 Å². The fourth-order valence-corrected chi connectivity index (χ4v) is 4.48. The minimum atomic E-state index is -0.326. The smallest absolute Gasteiger partial charge is 0.355 e. The standard InChI is InChI=1S/C24H25ClN6O/c1-16-6-8-18(9-7-16)22-27-23(28-24-26-17(2)14-21(32)31(22)24)30-12-10-29(11-13-30)20-5-3-4-19(25)15-20/h3-9,14-15,22H,10-13H2,1-2H3,(H,26,27,28,32)/p+1. The maximum atomic E-state index is 12.8. The quantitative estimate of drug-likeness (QED) is 0.589. The van der Waals surface area contributed by atoms with Crippen LogP contribution < -0.4 is 21.1 Å². The van der Waals surface area contributed by atoms with Crippen molar-refractivity contribution in [1.82, 2.24) is 14.9 Å². The maximum absolute atomic E-state index is 12.8. The zero-order valence-corrected chi connectivity index (χ0v) is 18.9. The average molecular weight is 450 g/mol. The Labute approximate surface area is 192 Å². The number of rotatable bonds is 2. The van der Waals surface area contributed by atoms with Crippen molar-refractivity contribution < 1.29 is 4.58 Å². The predicted molar refractivity (Wildman–Crippen MR) is 128 cm³/mol. The number of piperazine rings is 1. The first kappa shape index (κ1) is 20.6. The molecule has 1 atom stereocenters. The number of benzene rings is 2. The van der Waals surface area contributed by atoms with E-state index in [0.29, 0.717) is 11.6 Å². The van der Waals surface area contributed by atoms with Crippen molar-refractivity contribution in [2.45, 2.75) is 20.0 Å². The van der Waals surface area contributed by atoms with E-state index in [4.69, 9.17) is 11.6 Å². The van der Waals surface area contributed by atoms with Crippen LogP contribution in [0.4, 0.5) is 11.6 Å². The van der Waals surface area contributed by atoms with Gasteiger partial charge in [-0.05, 0) is 32.0 Å². The molecule has 0 spiro atoms. The number of nitrogens with zero attached hydrogens (tertiary/aromatic N) is 4. The molecule has 3 aromatic rings. The molecular formula is C24H26ClN6O+. The molecule has 2 N–H and O–H groups in total. The Morgan fingerprint density at radius 2 is 1.81 bits per heavy atom. The maximum Gasteiger partial charge on any atom is 0.355 e. The van der Waals surface area contributed by atoms with Crippen molar-refractivity contribution in [3.63, 3.8) is 0 Å². The van der Waals surface area contributed by atoms with Gasteiger partial charge in [0, 0.05) is 41.1 Å². The van der Waals surface area contributed by atoms with Gasteiger partial charge in [0.2, 0.25) is 0 Å². The summed E-state index contributed by atoms with van der Waals surface area (Å²) < 4.78 is 3.96. The third-order valence-electron chi connectivity index (χ3n) is 6.00. The highest BCUT2D eigenvalue weighted by atomic mass is 35.5. The van der Waals surface area contributed by atoms with Crippen molar-refractivity contribution in [3.8, 4) is 0 Å². The first-order valence-corrected chi connectivity index (χ1v) is 11.2. The lowest BCUT2D eigenvalue weighted by Gasteiger charge is -2.33. The summed E-state index contributed by atoms with van der Waals surface area (Å²) in [5.41, 5.74) is 3.95. The molecule has 2 aliphatic rings. The third kappa shape index (κ3) is 3.96. The van der Waals surface area contributed by atoms with E-state index in [2.05, 4.69) is 62.3 Å². The lowest BCUT2D eigenvalue weighted by atomic mass is 10.1. The number of guanidine groups is 1. The van der Waals surface area contributed by atoms with E-state index in [1.165, 1.54) is 5.56 Å². The second-order valence-electron chi connectivity index (χ2n) is 8.31. The molecule has 8 heteroatoms. The Hall–Kier alpha value is -3.32. The molecule has 2 aliphatic heterocycles. The monoisotopic (exact) mass is 449 g/mol. The molecule has 2 aromatic carbocycles. The van der Waals surface area contributed by atoms with Crippen molar-refractivity contribution >= 4 is 29.2 Å². The minimum Gasteiger partial charge on any atom is -0.365 e. The fourth-order valence-electron chi connectivity index (χ4n) is 4.29. The van der Waals surface area contributed by atoms with Crippen LogP contribution in [-0.2, 0) is 0 Å². The third-order valence-corrected chi connectivity index (χ3v) is 6.24. The molecule has 0 amide bonds. The molecule has 0 radical (unpaired) electrons. The summed E-state index contributed by atoms with van der Waals surface area (Å²) in [4.78, 5) is 19.8. The summed E-state index contributed by atoms with van der Waals surface area (Å²) in [6, 6.07) is 17.8. The van der Waals surface area contributed by atoms with Gasteiger partial charge in [0.15, 0.2) is 6.17 Å². The predicted octanol–water partition coefficient (Wildman–Crippen LogP) is 2.96. The Bertz CT molecular complexity index is 1240. The summed E-state index contributed by atoms with van der Waals surface area (Å²) in [5.74, 6) is 1.44. The summed E-state index contributed by atoms with van der Waals surface area (Å²) in [6.45, 7) is 7.31.